The first-order chi connectivity index (χ1) is 11.6. The van der Waals surface area contributed by atoms with Crippen LogP contribution >= 0.6 is 0 Å². The number of nitrogens with zero attached hydrogens (tertiary/aromatic N) is 3. The van der Waals surface area contributed by atoms with Crippen LogP contribution in [0.5, 0.6) is 5.75 Å². The van der Waals surface area contributed by atoms with Gasteiger partial charge in [-0.2, -0.15) is 23.4 Å². The second-order valence-corrected chi connectivity index (χ2v) is 5.00. The van der Waals surface area contributed by atoms with Crippen LogP contribution in [0.1, 0.15) is 6.92 Å². The minimum absolute atomic E-state index is 0.0331. The molecular weight excluding hydrogens is 346 g/mol. The van der Waals surface area contributed by atoms with E-state index >= 15 is 0 Å². The molecule has 0 radical (unpaired) electrons. The van der Waals surface area contributed by atoms with Gasteiger partial charge in [0, 0.05) is 6.07 Å². The number of ether oxygens (including phenoxy) is 1. The predicted octanol–water partition coefficient (Wildman–Crippen LogP) is 2.79. The van der Waals surface area contributed by atoms with E-state index in [1.165, 1.54) is 0 Å². The van der Waals surface area contributed by atoms with E-state index in [1.807, 2.05) is 0 Å². The number of terminal acetylenes is 1. The van der Waals surface area contributed by atoms with Crippen LogP contribution in [0.15, 0.2) is 22.4 Å². The molecule has 0 spiro atoms. The Bertz CT molecular complexity index is 783. The molecule has 0 aromatic heterocycles. The molecule has 1 aliphatic heterocycles. The Labute approximate surface area is 139 Å². The number of hydrogen-bond acceptors (Lipinski definition) is 5. The van der Waals surface area contributed by atoms with Crippen molar-refractivity contribution in [2.75, 3.05) is 18.1 Å². The van der Waals surface area contributed by atoms with Crippen molar-refractivity contribution >= 4 is 23.1 Å². The maximum absolute atomic E-state index is 14.0. The number of rotatable bonds is 4. The number of benzene rings is 1. The van der Waals surface area contributed by atoms with E-state index in [0.29, 0.717) is 0 Å². The number of anilines is 1. The third-order valence-electron chi connectivity index (χ3n) is 3.22. The van der Waals surface area contributed by atoms with Gasteiger partial charge < -0.3 is 4.74 Å². The van der Waals surface area contributed by atoms with E-state index < -0.39 is 35.4 Å². The zero-order valence-electron chi connectivity index (χ0n) is 12.8. The van der Waals surface area contributed by atoms with Crippen LogP contribution < -0.4 is 9.64 Å². The second-order valence-electron chi connectivity index (χ2n) is 5.00. The molecule has 2 rings (SSSR count). The van der Waals surface area contributed by atoms with Gasteiger partial charge in [0.25, 0.3) is 11.7 Å². The Morgan fingerprint density at radius 3 is 2.76 bits per heavy atom. The molecule has 0 saturated heterocycles. The lowest BCUT2D eigenvalue weighted by Crippen LogP contribution is -2.39. The van der Waals surface area contributed by atoms with E-state index in [1.54, 1.807) is 0 Å². The number of amides is 1. The molecule has 0 N–H and O–H groups in total. The summed E-state index contributed by atoms with van der Waals surface area (Å²) in [5.41, 5.74) is -0.347. The number of azo groups is 1. The second kappa shape index (κ2) is 6.88. The van der Waals surface area contributed by atoms with Crippen molar-refractivity contribution in [1.29, 1.82) is 0 Å². The van der Waals surface area contributed by atoms with Gasteiger partial charge in [0.15, 0.2) is 12.4 Å². The van der Waals surface area contributed by atoms with Crippen molar-refractivity contribution in [3.63, 3.8) is 0 Å². The third-order valence-corrected chi connectivity index (χ3v) is 3.22. The average molecular weight is 357 g/mol. The molecule has 25 heavy (non-hydrogen) atoms. The van der Waals surface area contributed by atoms with E-state index in [4.69, 9.17) is 11.2 Å². The zero-order valence-corrected chi connectivity index (χ0v) is 12.8. The fourth-order valence-corrected chi connectivity index (χ4v) is 1.99. The molecule has 0 saturated carbocycles. The first kappa shape index (κ1) is 18.4. The summed E-state index contributed by atoms with van der Waals surface area (Å²) in [4.78, 5) is 24.0. The minimum Gasteiger partial charge on any atom is -0.481 e. The molecule has 1 aliphatic rings. The van der Waals surface area contributed by atoms with Gasteiger partial charge >= 0.3 is 6.18 Å². The van der Waals surface area contributed by atoms with Gasteiger partial charge in [0.2, 0.25) is 0 Å². The minimum atomic E-state index is -5.07. The van der Waals surface area contributed by atoms with Crippen molar-refractivity contribution < 1.29 is 31.9 Å². The fraction of sp³-hybridized carbons (Fsp3) is 0.333. The molecule has 0 bridgehead atoms. The summed E-state index contributed by atoms with van der Waals surface area (Å²) in [5, 5.41) is 6.54. The normalized spacial score (nSPS) is 15.5. The number of alkyl halides is 3. The summed E-state index contributed by atoms with van der Waals surface area (Å²) in [5.74, 6) is -1.23. The maximum Gasteiger partial charge on any atom is 0.452 e. The summed E-state index contributed by atoms with van der Waals surface area (Å²) >= 11 is 0. The van der Waals surface area contributed by atoms with E-state index in [0.717, 1.165) is 24.0 Å². The molecule has 1 aromatic carbocycles. The molecule has 1 heterocycles. The molecule has 1 amide bonds. The van der Waals surface area contributed by atoms with Crippen LogP contribution in [0.2, 0.25) is 0 Å². The number of Topliss-reactive ketones (excluding diaryl/α,β-unsaturated/α-hetero) is 1. The number of fused-ring (bicyclic) bond motifs is 1. The van der Waals surface area contributed by atoms with Crippen LogP contribution in [0, 0.1) is 18.2 Å². The van der Waals surface area contributed by atoms with Crippen molar-refractivity contribution in [3.8, 4) is 18.1 Å². The molecule has 0 aliphatic carbocycles. The first-order valence-corrected chi connectivity index (χ1v) is 6.87. The van der Waals surface area contributed by atoms with Crippen molar-refractivity contribution in [1.82, 2.24) is 0 Å². The third kappa shape index (κ3) is 3.93. The van der Waals surface area contributed by atoms with E-state index in [9.17, 15) is 27.2 Å². The number of ketones is 1. The Morgan fingerprint density at radius 2 is 2.16 bits per heavy atom. The molecule has 10 heteroatoms. The van der Waals surface area contributed by atoms with Crippen molar-refractivity contribution in [2.45, 2.75) is 19.1 Å². The summed E-state index contributed by atoms with van der Waals surface area (Å²) in [6, 6.07) is 0.138. The summed E-state index contributed by atoms with van der Waals surface area (Å²) in [6.07, 6.45) is 0.102. The highest BCUT2D eigenvalue weighted by Crippen LogP contribution is 2.37. The summed E-state index contributed by atoms with van der Waals surface area (Å²) in [7, 11) is 0. The zero-order chi connectivity index (χ0) is 18.8. The molecule has 6 nitrogen and oxygen atoms in total. The molecule has 1 unspecified atom stereocenters. The number of carbonyl (C=O) groups is 2. The lowest BCUT2D eigenvalue weighted by molar-refractivity contribution is -0.172. The Kier molecular flexibility index (Phi) is 5.06. The Morgan fingerprint density at radius 1 is 1.48 bits per heavy atom. The molecular formula is C15H11F4N3O3. The molecule has 1 aromatic rings. The number of hydrogen-bond donors (Lipinski definition) is 0. The number of carbonyl (C=O) groups excluding carboxylic acids is 2. The van der Waals surface area contributed by atoms with Gasteiger partial charge in [-0.15, -0.1) is 6.42 Å². The van der Waals surface area contributed by atoms with E-state index in [2.05, 4.69) is 16.1 Å². The highest BCUT2D eigenvalue weighted by Gasteiger charge is 2.41. The summed E-state index contributed by atoms with van der Waals surface area (Å²) < 4.78 is 56.0. The van der Waals surface area contributed by atoms with Gasteiger partial charge in [-0.1, -0.05) is 5.92 Å². The van der Waals surface area contributed by atoms with Crippen molar-refractivity contribution in [2.24, 2.45) is 10.2 Å². The Balaban J connectivity index is 2.34. The van der Waals surface area contributed by atoms with Crippen LogP contribution in [-0.4, -0.2) is 37.1 Å². The average Bonchev–Trinajstić information content (AvgIpc) is 2.54. The largest absolute Gasteiger partial charge is 0.481 e. The monoisotopic (exact) mass is 357 g/mol. The lowest BCUT2D eigenvalue weighted by Gasteiger charge is -2.28. The van der Waals surface area contributed by atoms with Crippen LogP contribution in [0.3, 0.4) is 0 Å². The van der Waals surface area contributed by atoms with Crippen LogP contribution in [0.25, 0.3) is 0 Å². The predicted molar refractivity (Wildman–Crippen MR) is 78.1 cm³/mol. The van der Waals surface area contributed by atoms with Gasteiger partial charge in [-0.05, 0) is 13.0 Å². The Hall–Kier alpha value is -2.96. The smallest absolute Gasteiger partial charge is 0.452 e. The van der Waals surface area contributed by atoms with Gasteiger partial charge in [-0.3, -0.25) is 14.5 Å². The molecule has 1 atom stereocenters. The van der Waals surface area contributed by atoms with Gasteiger partial charge in [0.1, 0.15) is 17.5 Å². The molecule has 0 fully saturated rings. The fourth-order valence-electron chi connectivity index (χ4n) is 1.99. The van der Waals surface area contributed by atoms with Crippen LogP contribution in [-0.2, 0) is 9.59 Å². The van der Waals surface area contributed by atoms with E-state index in [-0.39, 0.29) is 24.6 Å². The van der Waals surface area contributed by atoms with Crippen molar-refractivity contribution in [3.05, 3.63) is 17.9 Å². The van der Waals surface area contributed by atoms with Gasteiger partial charge in [-0.25, -0.2) is 4.39 Å². The molecule has 132 valence electrons. The SMILES string of the molecule is C#CCN1C(=O)COc2cc(F)c(N=NC(C)C(=O)C(F)(F)F)cc21. The quantitative estimate of drug-likeness (QED) is 0.473. The number of halogens is 4. The first-order valence-electron chi connectivity index (χ1n) is 6.87. The topological polar surface area (TPSA) is 71.3 Å². The standard InChI is InChI=1S/C15H11F4N3O3/c1-3-4-22-11-6-10(9(16)5-12(11)25-7-13(22)23)21-20-8(2)14(24)15(17,18)19/h1,5-6,8H,4,7H2,2H3. The highest BCUT2D eigenvalue weighted by molar-refractivity contribution is 5.98. The van der Waals surface area contributed by atoms with Gasteiger partial charge in [0.05, 0.1) is 12.2 Å². The lowest BCUT2D eigenvalue weighted by atomic mass is 10.2. The maximum atomic E-state index is 14.0. The highest BCUT2D eigenvalue weighted by atomic mass is 19.4. The summed E-state index contributed by atoms with van der Waals surface area (Å²) in [6.45, 7) is 0.444. The van der Waals surface area contributed by atoms with Crippen LogP contribution in [0.4, 0.5) is 28.9 Å².